The number of fused-ring (bicyclic) bond motifs is 2. The highest BCUT2D eigenvalue weighted by molar-refractivity contribution is 7.08. The molecule has 5 aromatic rings. The van der Waals surface area contributed by atoms with Gasteiger partial charge in [-0.1, -0.05) is 42.5 Å². The molecule has 3 aromatic heterocycles. The third-order valence-electron chi connectivity index (χ3n) is 5.55. The predicted octanol–water partition coefficient (Wildman–Crippen LogP) is 4.41. The average Bonchev–Trinajstić information content (AvgIpc) is 3.42. The molecule has 0 radical (unpaired) electrons. The Kier molecular flexibility index (Phi) is 4.21. The summed E-state index contributed by atoms with van der Waals surface area (Å²) in [4.78, 5) is 2.23. The molecule has 30 heavy (non-hydrogen) atoms. The molecule has 6 rings (SSSR count). The van der Waals surface area contributed by atoms with Crippen LogP contribution in [0, 0.1) is 0 Å². The van der Waals surface area contributed by atoms with Crippen LogP contribution < -0.4 is 4.90 Å². The van der Waals surface area contributed by atoms with E-state index in [1.165, 1.54) is 16.3 Å². The minimum atomic E-state index is 0.207. The van der Waals surface area contributed by atoms with E-state index >= 15 is 0 Å². The lowest BCUT2D eigenvalue weighted by atomic mass is 10.1. The molecule has 0 spiro atoms. The first-order chi connectivity index (χ1) is 14.8. The summed E-state index contributed by atoms with van der Waals surface area (Å²) in [5.74, 6) is 1.70. The Morgan fingerprint density at radius 2 is 1.87 bits per heavy atom. The third kappa shape index (κ3) is 3.03. The number of hydrogen-bond acceptors (Lipinski definition) is 6. The lowest BCUT2D eigenvalue weighted by molar-refractivity contribution is 0.0226. The van der Waals surface area contributed by atoms with E-state index in [1.54, 1.807) is 11.3 Å². The molecule has 4 heterocycles. The molecular formula is C23H19N5OS. The molecule has 0 atom stereocenters. The van der Waals surface area contributed by atoms with E-state index in [0.717, 1.165) is 35.9 Å². The topological polar surface area (TPSA) is 55.5 Å². The summed E-state index contributed by atoms with van der Waals surface area (Å²) < 4.78 is 8.00. The summed E-state index contributed by atoms with van der Waals surface area (Å²) >= 11 is 1.64. The smallest absolute Gasteiger partial charge is 0.186 e. The molecule has 0 bridgehead atoms. The molecular weight excluding hydrogens is 394 g/mol. The lowest BCUT2D eigenvalue weighted by Crippen LogP contribution is -2.52. The van der Waals surface area contributed by atoms with Crippen LogP contribution in [0.1, 0.15) is 5.56 Å². The van der Waals surface area contributed by atoms with Gasteiger partial charge in [-0.3, -0.25) is 0 Å². The number of ether oxygens (including phenoxy) is 1. The van der Waals surface area contributed by atoms with E-state index in [9.17, 15) is 0 Å². The zero-order valence-electron chi connectivity index (χ0n) is 16.2. The van der Waals surface area contributed by atoms with Crippen molar-refractivity contribution in [3.63, 3.8) is 0 Å². The van der Waals surface area contributed by atoms with Crippen molar-refractivity contribution in [2.24, 2.45) is 0 Å². The van der Waals surface area contributed by atoms with Gasteiger partial charge >= 0.3 is 0 Å². The number of rotatable bonds is 5. The normalized spacial score (nSPS) is 14.5. The predicted molar refractivity (Wildman–Crippen MR) is 119 cm³/mol. The van der Waals surface area contributed by atoms with E-state index in [1.807, 2.05) is 28.1 Å². The van der Waals surface area contributed by atoms with Crippen LogP contribution >= 0.6 is 11.3 Å². The largest absolute Gasteiger partial charge is 0.370 e. The first-order valence-electron chi connectivity index (χ1n) is 9.93. The van der Waals surface area contributed by atoms with Crippen LogP contribution in [0.5, 0.6) is 0 Å². The fraction of sp³-hybridized carbons (Fsp3) is 0.174. The minimum Gasteiger partial charge on any atom is -0.370 e. The summed E-state index contributed by atoms with van der Waals surface area (Å²) in [6, 6.07) is 20.8. The van der Waals surface area contributed by atoms with Crippen molar-refractivity contribution in [2.45, 2.75) is 12.7 Å². The number of anilines is 1. The van der Waals surface area contributed by atoms with Crippen LogP contribution in [0.3, 0.4) is 0 Å². The summed E-state index contributed by atoms with van der Waals surface area (Å²) in [5.41, 5.74) is 3.03. The minimum absolute atomic E-state index is 0.207. The Bertz CT molecular complexity index is 1320. The van der Waals surface area contributed by atoms with Gasteiger partial charge in [0.25, 0.3) is 0 Å². The van der Waals surface area contributed by atoms with Gasteiger partial charge in [-0.05, 0) is 39.9 Å². The van der Waals surface area contributed by atoms with Gasteiger partial charge in [-0.25, -0.2) is 0 Å². The molecule has 0 saturated carbocycles. The van der Waals surface area contributed by atoms with Crippen molar-refractivity contribution in [1.82, 2.24) is 19.8 Å². The highest BCUT2D eigenvalue weighted by Gasteiger charge is 2.29. The van der Waals surface area contributed by atoms with Crippen LogP contribution in [0.15, 0.2) is 71.4 Å². The quantitative estimate of drug-likeness (QED) is 0.427. The number of aromatic nitrogens is 4. The molecule has 6 nitrogen and oxygen atoms in total. The molecule has 7 heteroatoms. The van der Waals surface area contributed by atoms with Crippen LogP contribution in [0.25, 0.3) is 27.8 Å². The Morgan fingerprint density at radius 3 is 2.77 bits per heavy atom. The molecule has 1 saturated heterocycles. The molecule has 0 aliphatic carbocycles. The fourth-order valence-electron chi connectivity index (χ4n) is 3.88. The monoisotopic (exact) mass is 413 g/mol. The van der Waals surface area contributed by atoms with E-state index in [4.69, 9.17) is 9.84 Å². The van der Waals surface area contributed by atoms with E-state index in [0.29, 0.717) is 6.61 Å². The summed E-state index contributed by atoms with van der Waals surface area (Å²) in [7, 11) is 0. The Balaban J connectivity index is 1.15. The zero-order chi connectivity index (χ0) is 19.9. The maximum absolute atomic E-state index is 6.18. The molecule has 0 amide bonds. The Morgan fingerprint density at radius 1 is 0.967 bits per heavy atom. The van der Waals surface area contributed by atoms with Gasteiger partial charge in [-0.15, -0.1) is 15.3 Å². The zero-order valence-corrected chi connectivity index (χ0v) is 17.0. The highest BCUT2D eigenvalue weighted by atomic mass is 32.1. The second-order valence-corrected chi connectivity index (χ2v) is 8.25. The second kappa shape index (κ2) is 7.19. The van der Waals surface area contributed by atoms with Crippen LogP contribution in [0.2, 0.25) is 0 Å². The van der Waals surface area contributed by atoms with Crippen molar-refractivity contribution in [3.8, 4) is 11.4 Å². The maximum Gasteiger partial charge on any atom is 0.186 e. The molecule has 1 aliphatic rings. The third-order valence-corrected chi connectivity index (χ3v) is 6.24. The van der Waals surface area contributed by atoms with Crippen molar-refractivity contribution in [3.05, 3.63) is 77.0 Å². The number of hydrogen-bond donors (Lipinski definition) is 0. The van der Waals surface area contributed by atoms with Gasteiger partial charge in [0.05, 0.1) is 12.7 Å². The number of thiophene rings is 1. The van der Waals surface area contributed by atoms with Crippen LogP contribution in [0.4, 0.5) is 5.82 Å². The van der Waals surface area contributed by atoms with Gasteiger partial charge < -0.3 is 9.64 Å². The second-order valence-electron chi connectivity index (χ2n) is 7.47. The first-order valence-corrected chi connectivity index (χ1v) is 10.9. The highest BCUT2D eigenvalue weighted by Crippen LogP contribution is 2.25. The van der Waals surface area contributed by atoms with Crippen LogP contribution in [-0.2, 0) is 11.3 Å². The summed E-state index contributed by atoms with van der Waals surface area (Å²) in [6.45, 7) is 2.29. The van der Waals surface area contributed by atoms with E-state index in [-0.39, 0.29) is 6.10 Å². The molecule has 1 fully saturated rings. The summed E-state index contributed by atoms with van der Waals surface area (Å²) in [5, 5.41) is 19.9. The SMILES string of the molecule is c1ccc2c(COC3CN(c4ccc5nnc(-c6ccsc6)n5n4)C3)cccc2c1. The maximum atomic E-state index is 6.18. The van der Waals surface area contributed by atoms with Gasteiger partial charge in [0, 0.05) is 24.0 Å². The molecule has 0 unspecified atom stereocenters. The van der Waals surface area contributed by atoms with Gasteiger partial charge in [0.2, 0.25) is 0 Å². The van der Waals surface area contributed by atoms with Gasteiger partial charge in [-0.2, -0.15) is 15.9 Å². The number of benzene rings is 2. The van der Waals surface area contributed by atoms with Gasteiger partial charge in [0.1, 0.15) is 5.82 Å². The first kappa shape index (κ1) is 17.6. The fourth-order valence-corrected chi connectivity index (χ4v) is 4.51. The Hall–Kier alpha value is -3.29. The summed E-state index contributed by atoms with van der Waals surface area (Å²) in [6.07, 6.45) is 0.207. The molecule has 1 aliphatic heterocycles. The molecule has 0 N–H and O–H groups in total. The number of nitrogens with zero attached hydrogens (tertiary/aromatic N) is 5. The van der Waals surface area contributed by atoms with Gasteiger partial charge in [0.15, 0.2) is 11.5 Å². The molecule has 2 aromatic carbocycles. The average molecular weight is 414 g/mol. The molecule has 148 valence electrons. The lowest BCUT2D eigenvalue weighted by Gasteiger charge is -2.39. The van der Waals surface area contributed by atoms with Crippen molar-refractivity contribution >= 4 is 33.6 Å². The Labute approximate surface area is 177 Å². The van der Waals surface area contributed by atoms with E-state index in [2.05, 4.69) is 62.9 Å². The van der Waals surface area contributed by atoms with Crippen molar-refractivity contribution in [2.75, 3.05) is 18.0 Å². The van der Waals surface area contributed by atoms with E-state index < -0.39 is 0 Å². The standard InChI is InChI=1S/C23H19N5OS/c1-2-7-20-16(4-1)5-3-6-17(20)14-29-19-12-27(13-19)22-9-8-21-24-25-23(28(21)26-22)18-10-11-30-15-18/h1-11,15,19H,12-14H2. The van der Waals surface area contributed by atoms with Crippen molar-refractivity contribution in [1.29, 1.82) is 0 Å². The van der Waals surface area contributed by atoms with Crippen molar-refractivity contribution < 1.29 is 4.74 Å². The van der Waals surface area contributed by atoms with Crippen LogP contribution in [-0.4, -0.2) is 39.0 Å².